The molecule has 5 heteroatoms. The van der Waals surface area contributed by atoms with Crippen LogP contribution in [0.4, 0.5) is 10.5 Å². The summed E-state index contributed by atoms with van der Waals surface area (Å²) in [6.07, 6.45) is -0.697. The summed E-state index contributed by atoms with van der Waals surface area (Å²) < 4.78 is 5.35. The number of aliphatic hydroxyl groups is 1. The van der Waals surface area contributed by atoms with Crippen molar-refractivity contribution >= 4 is 17.7 Å². The summed E-state index contributed by atoms with van der Waals surface area (Å²) in [5, 5.41) is 11.2. The fourth-order valence-electron chi connectivity index (χ4n) is 2.98. The molecule has 1 N–H and O–H groups in total. The molecule has 2 amide bonds. The Morgan fingerprint density at radius 3 is 2.32 bits per heavy atom. The molecule has 1 aliphatic heterocycles. The van der Waals surface area contributed by atoms with E-state index in [2.05, 4.69) is 0 Å². The van der Waals surface area contributed by atoms with Gasteiger partial charge in [0.15, 0.2) is 5.60 Å². The van der Waals surface area contributed by atoms with Gasteiger partial charge in [-0.2, -0.15) is 0 Å². The SMILES string of the molecule is CC(C)(C)OC(=O)N1C(=O)[C@@](O)(Cc2ccccc2)c2ccccc21. The second kappa shape index (κ2) is 6.01. The lowest BCUT2D eigenvalue weighted by atomic mass is 9.88. The number of fused-ring (bicyclic) bond motifs is 1. The highest BCUT2D eigenvalue weighted by atomic mass is 16.6. The van der Waals surface area contributed by atoms with Gasteiger partial charge in [-0.3, -0.25) is 4.79 Å². The lowest BCUT2D eigenvalue weighted by Gasteiger charge is -2.25. The first-order valence-electron chi connectivity index (χ1n) is 8.16. The fraction of sp³-hybridized carbons (Fsp3) is 0.300. The summed E-state index contributed by atoms with van der Waals surface area (Å²) in [5.41, 5.74) is -0.963. The zero-order valence-corrected chi connectivity index (χ0v) is 14.5. The summed E-state index contributed by atoms with van der Waals surface area (Å²) >= 11 is 0. The topological polar surface area (TPSA) is 66.8 Å². The summed E-state index contributed by atoms with van der Waals surface area (Å²) in [6.45, 7) is 5.19. The van der Waals surface area contributed by atoms with Crippen LogP contribution in [0, 0.1) is 0 Å². The van der Waals surface area contributed by atoms with Gasteiger partial charge in [-0.05, 0) is 32.4 Å². The van der Waals surface area contributed by atoms with Gasteiger partial charge in [-0.25, -0.2) is 9.69 Å². The molecular formula is C20H21NO4. The second-order valence-electron chi connectivity index (χ2n) is 7.16. The molecule has 1 heterocycles. The standard InChI is InChI=1S/C20H21NO4/c1-19(2,3)25-18(23)21-16-12-8-7-11-15(16)20(24,17(21)22)13-14-9-5-4-6-10-14/h4-12,24H,13H2,1-3H3/t20-/m1/s1. The van der Waals surface area contributed by atoms with Crippen LogP contribution >= 0.6 is 0 Å². The molecule has 0 aliphatic carbocycles. The lowest BCUT2D eigenvalue weighted by molar-refractivity contribution is -0.135. The third-order valence-corrected chi connectivity index (χ3v) is 4.03. The normalized spacial score (nSPS) is 19.7. The number of ether oxygens (including phenoxy) is 1. The number of amides is 2. The number of hydrogen-bond acceptors (Lipinski definition) is 4. The molecule has 5 nitrogen and oxygen atoms in total. The molecule has 1 atom stereocenters. The smallest absolute Gasteiger partial charge is 0.421 e. The van der Waals surface area contributed by atoms with Crippen molar-refractivity contribution in [1.29, 1.82) is 0 Å². The minimum atomic E-state index is -1.80. The van der Waals surface area contributed by atoms with Gasteiger partial charge in [0.05, 0.1) is 5.69 Å². The zero-order valence-electron chi connectivity index (χ0n) is 14.5. The van der Waals surface area contributed by atoms with E-state index in [0.717, 1.165) is 10.5 Å². The number of anilines is 1. The quantitative estimate of drug-likeness (QED) is 0.911. The maximum atomic E-state index is 13.0. The van der Waals surface area contributed by atoms with Crippen LogP contribution in [0.5, 0.6) is 0 Å². The van der Waals surface area contributed by atoms with E-state index in [0.29, 0.717) is 11.3 Å². The number of imide groups is 1. The van der Waals surface area contributed by atoms with Crippen molar-refractivity contribution in [3.05, 3.63) is 65.7 Å². The number of para-hydroxylation sites is 1. The summed E-state index contributed by atoms with van der Waals surface area (Å²) in [6, 6.07) is 16.0. The Hall–Kier alpha value is -2.66. The van der Waals surface area contributed by atoms with Crippen LogP contribution in [0.1, 0.15) is 31.9 Å². The molecule has 2 aromatic rings. The Kier molecular flexibility index (Phi) is 4.13. The molecule has 0 spiro atoms. The number of benzene rings is 2. The predicted molar refractivity (Wildman–Crippen MR) is 94.2 cm³/mol. The van der Waals surface area contributed by atoms with Gasteiger partial charge in [-0.15, -0.1) is 0 Å². The van der Waals surface area contributed by atoms with E-state index in [1.165, 1.54) is 0 Å². The fourth-order valence-corrected chi connectivity index (χ4v) is 2.98. The Labute approximate surface area is 146 Å². The van der Waals surface area contributed by atoms with Gasteiger partial charge in [-0.1, -0.05) is 48.5 Å². The van der Waals surface area contributed by atoms with Crippen LogP contribution in [0.2, 0.25) is 0 Å². The first kappa shape index (κ1) is 17.2. The Morgan fingerprint density at radius 1 is 1.08 bits per heavy atom. The first-order valence-corrected chi connectivity index (χ1v) is 8.16. The van der Waals surface area contributed by atoms with Crippen LogP contribution < -0.4 is 4.90 Å². The average molecular weight is 339 g/mol. The molecule has 130 valence electrons. The predicted octanol–water partition coefficient (Wildman–Crippen LogP) is 3.40. The number of carbonyl (C=O) groups excluding carboxylic acids is 2. The van der Waals surface area contributed by atoms with E-state index in [1.54, 1.807) is 45.0 Å². The molecule has 0 fully saturated rings. The summed E-state index contributed by atoms with van der Waals surface area (Å²) in [5.74, 6) is -0.688. The molecule has 1 aliphatic rings. The Morgan fingerprint density at radius 2 is 1.68 bits per heavy atom. The van der Waals surface area contributed by atoms with E-state index >= 15 is 0 Å². The summed E-state index contributed by atoms with van der Waals surface area (Å²) in [4.78, 5) is 26.5. The average Bonchev–Trinajstić information content (AvgIpc) is 2.75. The molecule has 3 rings (SSSR count). The van der Waals surface area contributed by atoms with Crippen LogP contribution in [-0.4, -0.2) is 22.7 Å². The van der Waals surface area contributed by atoms with Crippen molar-refractivity contribution < 1.29 is 19.4 Å². The zero-order chi connectivity index (χ0) is 18.2. The van der Waals surface area contributed by atoms with Gasteiger partial charge < -0.3 is 9.84 Å². The highest BCUT2D eigenvalue weighted by Crippen LogP contribution is 2.42. The van der Waals surface area contributed by atoms with E-state index in [1.807, 2.05) is 30.3 Å². The van der Waals surface area contributed by atoms with Crippen LogP contribution in [0.15, 0.2) is 54.6 Å². The monoisotopic (exact) mass is 339 g/mol. The molecule has 0 radical (unpaired) electrons. The largest absolute Gasteiger partial charge is 0.443 e. The third kappa shape index (κ3) is 3.15. The first-order chi connectivity index (χ1) is 11.7. The second-order valence-corrected chi connectivity index (χ2v) is 7.16. The van der Waals surface area contributed by atoms with Gasteiger partial charge in [0, 0.05) is 12.0 Å². The lowest BCUT2D eigenvalue weighted by Crippen LogP contribution is -2.46. The van der Waals surface area contributed by atoms with Crippen LogP contribution in [0.25, 0.3) is 0 Å². The van der Waals surface area contributed by atoms with E-state index < -0.39 is 23.2 Å². The van der Waals surface area contributed by atoms with Crippen molar-refractivity contribution in [3.63, 3.8) is 0 Å². The number of nitrogens with zero attached hydrogens (tertiary/aromatic N) is 1. The van der Waals surface area contributed by atoms with Gasteiger partial charge in [0.2, 0.25) is 0 Å². The van der Waals surface area contributed by atoms with Crippen molar-refractivity contribution in [2.45, 2.75) is 38.4 Å². The molecule has 2 aromatic carbocycles. The van der Waals surface area contributed by atoms with Gasteiger partial charge >= 0.3 is 6.09 Å². The van der Waals surface area contributed by atoms with Crippen molar-refractivity contribution in [2.24, 2.45) is 0 Å². The molecule has 25 heavy (non-hydrogen) atoms. The maximum Gasteiger partial charge on any atom is 0.421 e. The number of carbonyl (C=O) groups is 2. The molecular weight excluding hydrogens is 318 g/mol. The van der Waals surface area contributed by atoms with Crippen molar-refractivity contribution in [2.75, 3.05) is 4.90 Å². The van der Waals surface area contributed by atoms with E-state index in [-0.39, 0.29) is 6.42 Å². The third-order valence-electron chi connectivity index (χ3n) is 4.03. The summed E-state index contributed by atoms with van der Waals surface area (Å²) in [7, 11) is 0. The Bertz CT molecular complexity index is 810. The van der Waals surface area contributed by atoms with E-state index in [9.17, 15) is 14.7 Å². The van der Waals surface area contributed by atoms with Crippen LogP contribution in [0.3, 0.4) is 0 Å². The van der Waals surface area contributed by atoms with Crippen LogP contribution in [-0.2, 0) is 21.6 Å². The maximum absolute atomic E-state index is 13.0. The molecule has 0 saturated carbocycles. The molecule has 0 bridgehead atoms. The Balaban J connectivity index is 2.02. The van der Waals surface area contributed by atoms with Crippen molar-refractivity contribution in [1.82, 2.24) is 0 Å². The highest BCUT2D eigenvalue weighted by Gasteiger charge is 2.52. The van der Waals surface area contributed by atoms with Gasteiger partial charge in [0.1, 0.15) is 5.60 Å². The van der Waals surface area contributed by atoms with E-state index in [4.69, 9.17) is 4.74 Å². The molecule has 0 aromatic heterocycles. The minimum absolute atomic E-state index is 0.0863. The molecule has 0 saturated heterocycles. The van der Waals surface area contributed by atoms with Gasteiger partial charge in [0.25, 0.3) is 5.91 Å². The van der Waals surface area contributed by atoms with Crippen molar-refractivity contribution in [3.8, 4) is 0 Å². The highest BCUT2D eigenvalue weighted by molar-refractivity contribution is 6.20. The number of hydrogen-bond donors (Lipinski definition) is 1. The minimum Gasteiger partial charge on any atom is -0.443 e. The number of rotatable bonds is 2. The molecule has 0 unspecified atom stereocenters.